The molecule has 1 N–H and O–H groups in total. The van der Waals surface area contributed by atoms with Crippen molar-refractivity contribution in [2.45, 2.75) is 44.8 Å². The summed E-state index contributed by atoms with van der Waals surface area (Å²) in [5.41, 5.74) is 2.16. The number of benzene rings is 2. The fourth-order valence-electron chi connectivity index (χ4n) is 4.35. The standard InChI is InChI=1S/C27H27Cl2NO5S/c1-16(21-8-3-4-9-22(21)28)34-27(32)30-23-15-24(29)36-25(23)17-10-12-19(13-11-17)35-20-7-5-6-18(14-20)26(31)33-2/h3-4,8-13,15-16,18,20H,5-7,14H2,1-2H3,(H,30,32)/t16-,18+,20+/m1/s1. The van der Waals surface area contributed by atoms with Gasteiger partial charge in [0.15, 0.2) is 0 Å². The molecule has 3 atom stereocenters. The van der Waals surface area contributed by atoms with Crippen molar-refractivity contribution in [2.75, 3.05) is 12.4 Å². The third kappa shape index (κ3) is 6.52. The van der Waals surface area contributed by atoms with E-state index in [9.17, 15) is 9.59 Å². The maximum Gasteiger partial charge on any atom is 0.412 e. The van der Waals surface area contributed by atoms with Crippen LogP contribution in [-0.2, 0) is 14.3 Å². The second kappa shape index (κ2) is 12.0. The lowest BCUT2D eigenvalue weighted by Gasteiger charge is -2.28. The largest absolute Gasteiger partial charge is 0.490 e. The van der Waals surface area contributed by atoms with Gasteiger partial charge in [0.2, 0.25) is 0 Å². The number of esters is 1. The first-order chi connectivity index (χ1) is 17.3. The molecule has 190 valence electrons. The van der Waals surface area contributed by atoms with Crippen LogP contribution in [0.3, 0.4) is 0 Å². The Hall–Kier alpha value is -2.74. The summed E-state index contributed by atoms with van der Waals surface area (Å²) in [5, 5.41) is 3.33. The third-order valence-corrected chi connectivity index (χ3v) is 7.80. The number of carbonyl (C=O) groups excluding carboxylic acids is 2. The van der Waals surface area contributed by atoms with Crippen LogP contribution in [0.4, 0.5) is 10.5 Å². The van der Waals surface area contributed by atoms with Crippen LogP contribution in [-0.4, -0.2) is 25.3 Å². The number of hydrogen-bond acceptors (Lipinski definition) is 6. The van der Waals surface area contributed by atoms with E-state index in [2.05, 4.69) is 5.32 Å². The molecule has 0 radical (unpaired) electrons. The van der Waals surface area contributed by atoms with Crippen molar-refractivity contribution in [1.82, 2.24) is 0 Å². The summed E-state index contributed by atoms with van der Waals surface area (Å²) < 4.78 is 17.1. The van der Waals surface area contributed by atoms with Gasteiger partial charge in [-0.05, 0) is 74.6 Å². The van der Waals surface area contributed by atoms with Gasteiger partial charge in [0.1, 0.15) is 11.9 Å². The number of amides is 1. The molecule has 0 bridgehead atoms. The predicted octanol–water partition coefficient (Wildman–Crippen LogP) is 8.14. The van der Waals surface area contributed by atoms with Crippen LogP contribution in [0.25, 0.3) is 10.4 Å². The van der Waals surface area contributed by atoms with Gasteiger partial charge in [-0.25, -0.2) is 4.79 Å². The lowest BCUT2D eigenvalue weighted by atomic mass is 9.87. The molecule has 2 aromatic carbocycles. The molecule has 0 spiro atoms. The zero-order chi connectivity index (χ0) is 25.7. The van der Waals surface area contributed by atoms with Gasteiger partial charge in [-0.3, -0.25) is 10.1 Å². The van der Waals surface area contributed by atoms with Crippen molar-refractivity contribution in [3.8, 4) is 16.2 Å². The monoisotopic (exact) mass is 547 g/mol. The van der Waals surface area contributed by atoms with Crippen LogP contribution in [0.1, 0.15) is 44.3 Å². The molecule has 6 nitrogen and oxygen atoms in total. The molecule has 0 aliphatic heterocycles. The molecule has 9 heteroatoms. The molecule has 1 fully saturated rings. The second-order valence-corrected chi connectivity index (χ2v) is 10.7. The summed E-state index contributed by atoms with van der Waals surface area (Å²) in [5.74, 6) is 0.433. The normalized spacial score (nSPS) is 18.2. The average molecular weight is 548 g/mol. The molecule has 1 aliphatic carbocycles. The summed E-state index contributed by atoms with van der Waals surface area (Å²) >= 11 is 13.9. The van der Waals surface area contributed by atoms with Crippen molar-refractivity contribution in [3.63, 3.8) is 0 Å². The Morgan fingerprint density at radius 2 is 1.83 bits per heavy atom. The van der Waals surface area contributed by atoms with E-state index in [0.29, 0.717) is 21.5 Å². The van der Waals surface area contributed by atoms with Crippen molar-refractivity contribution < 1.29 is 23.8 Å². The molecule has 0 saturated heterocycles. The molecule has 1 saturated carbocycles. The maximum absolute atomic E-state index is 12.6. The molecule has 1 aromatic heterocycles. The molecule has 0 unspecified atom stereocenters. The first kappa shape index (κ1) is 26.3. The number of hydrogen-bond donors (Lipinski definition) is 1. The minimum atomic E-state index is -0.601. The SMILES string of the molecule is COC(=O)[C@H]1CCC[C@H](Oc2ccc(-c3sc(Cl)cc3NC(=O)O[C@H](C)c3ccccc3Cl)cc2)C1. The minimum absolute atomic E-state index is 0.0306. The van der Waals surface area contributed by atoms with Gasteiger partial charge in [-0.2, -0.15) is 0 Å². The lowest BCUT2D eigenvalue weighted by Crippen LogP contribution is -2.30. The van der Waals surface area contributed by atoms with Crippen molar-refractivity contribution in [3.05, 3.63) is 69.5 Å². The van der Waals surface area contributed by atoms with Gasteiger partial charge in [0.25, 0.3) is 0 Å². The Bertz CT molecular complexity index is 1210. The molecule has 1 amide bonds. The molecule has 36 heavy (non-hydrogen) atoms. The van der Waals surface area contributed by atoms with E-state index in [-0.39, 0.29) is 18.0 Å². The van der Waals surface area contributed by atoms with Crippen LogP contribution >= 0.6 is 34.5 Å². The van der Waals surface area contributed by atoms with Gasteiger partial charge < -0.3 is 14.2 Å². The summed E-state index contributed by atoms with van der Waals surface area (Å²) in [6.07, 6.45) is 2.16. The van der Waals surface area contributed by atoms with Crippen LogP contribution in [0.15, 0.2) is 54.6 Å². The molecule has 3 aromatic rings. The Morgan fingerprint density at radius 1 is 1.08 bits per heavy atom. The Kier molecular flexibility index (Phi) is 8.77. The fourth-order valence-corrected chi connectivity index (χ4v) is 5.82. The number of methoxy groups -OCH3 is 1. The third-order valence-electron chi connectivity index (χ3n) is 6.15. The van der Waals surface area contributed by atoms with Crippen LogP contribution in [0, 0.1) is 5.92 Å². The maximum atomic E-state index is 12.6. The molecule has 1 heterocycles. The van der Waals surface area contributed by atoms with E-state index in [4.69, 9.17) is 37.4 Å². The Balaban J connectivity index is 1.40. The Labute approximate surface area is 224 Å². The van der Waals surface area contributed by atoms with Crippen molar-refractivity contribution in [2.24, 2.45) is 5.92 Å². The molecular weight excluding hydrogens is 521 g/mol. The summed E-state index contributed by atoms with van der Waals surface area (Å²) in [4.78, 5) is 25.3. The van der Waals surface area contributed by atoms with E-state index in [1.165, 1.54) is 18.4 Å². The first-order valence-corrected chi connectivity index (χ1v) is 13.3. The number of halogens is 2. The van der Waals surface area contributed by atoms with Gasteiger partial charge >= 0.3 is 12.1 Å². The number of nitrogens with one attached hydrogen (secondary N) is 1. The predicted molar refractivity (Wildman–Crippen MR) is 143 cm³/mol. The zero-order valence-electron chi connectivity index (χ0n) is 20.0. The lowest BCUT2D eigenvalue weighted by molar-refractivity contribution is -0.147. The summed E-state index contributed by atoms with van der Waals surface area (Å²) in [6, 6.07) is 16.5. The highest BCUT2D eigenvalue weighted by molar-refractivity contribution is 7.20. The van der Waals surface area contributed by atoms with Gasteiger partial charge in [0.05, 0.1) is 34.0 Å². The van der Waals surface area contributed by atoms with Gasteiger partial charge in [-0.15, -0.1) is 11.3 Å². The number of thiophene rings is 1. The highest BCUT2D eigenvalue weighted by Gasteiger charge is 2.29. The second-order valence-electron chi connectivity index (χ2n) is 8.64. The van der Waals surface area contributed by atoms with Crippen molar-refractivity contribution >= 4 is 52.3 Å². The fraction of sp³-hybridized carbons (Fsp3) is 0.333. The van der Waals surface area contributed by atoms with E-state index >= 15 is 0 Å². The van der Waals surface area contributed by atoms with Gasteiger partial charge in [-0.1, -0.05) is 41.4 Å². The van der Waals surface area contributed by atoms with Crippen molar-refractivity contribution in [1.29, 1.82) is 0 Å². The average Bonchev–Trinajstić information content (AvgIpc) is 3.23. The highest BCUT2D eigenvalue weighted by Crippen LogP contribution is 2.40. The number of anilines is 1. The van der Waals surface area contributed by atoms with E-state index in [0.717, 1.165) is 41.0 Å². The van der Waals surface area contributed by atoms with Gasteiger partial charge in [0, 0.05) is 10.6 Å². The quantitative estimate of drug-likeness (QED) is 0.302. The topological polar surface area (TPSA) is 73.9 Å². The number of rotatable bonds is 7. The van der Waals surface area contributed by atoms with Crippen LogP contribution in [0.5, 0.6) is 5.75 Å². The van der Waals surface area contributed by atoms with E-state index in [1.807, 2.05) is 42.5 Å². The smallest absolute Gasteiger partial charge is 0.412 e. The zero-order valence-corrected chi connectivity index (χ0v) is 22.3. The summed E-state index contributed by atoms with van der Waals surface area (Å²) in [7, 11) is 1.42. The van der Waals surface area contributed by atoms with E-state index < -0.39 is 12.2 Å². The Morgan fingerprint density at radius 3 is 2.56 bits per heavy atom. The highest BCUT2D eigenvalue weighted by atomic mass is 35.5. The molecule has 4 rings (SSSR count). The first-order valence-electron chi connectivity index (χ1n) is 11.7. The molecular formula is C27H27Cl2NO5S. The number of carbonyl (C=O) groups is 2. The van der Waals surface area contributed by atoms with E-state index in [1.54, 1.807) is 19.1 Å². The number of ether oxygens (including phenoxy) is 3. The molecule has 1 aliphatic rings. The minimum Gasteiger partial charge on any atom is -0.490 e. The van der Waals surface area contributed by atoms with Crippen LogP contribution in [0.2, 0.25) is 9.36 Å². The van der Waals surface area contributed by atoms with Crippen LogP contribution < -0.4 is 10.1 Å². The summed E-state index contributed by atoms with van der Waals surface area (Å²) in [6.45, 7) is 1.76.